The monoisotopic (exact) mass is 453 g/mol. The summed E-state index contributed by atoms with van der Waals surface area (Å²) in [7, 11) is 0. The number of para-hydroxylation sites is 1. The SMILES string of the molecule is C1=CC2=Nc3c(n4c5ccc6sc7c(c6c5c5cccc3c54)-c3ccccc3CC7)NC2C=C1. The van der Waals surface area contributed by atoms with Gasteiger partial charge in [-0.25, -0.2) is 4.99 Å². The van der Waals surface area contributed by atoms with Crippen LogP contribution >= 0.6 is 11.3 Å². The molecule has 0 saturated carbocycles. The van der Waals surface area contributed by atoms with Crippen molar-refractivity contribution in [2.45, 2.75) is 18.9 Å². The highest BCUT2D eigenvalue weighted by Gasteiger charge is 2.30. The number of fused-ring (bicyclic) bond motifs is 13. The van der Waals surface area contributed by atoms with Crippen LogP contribution in [0.3, 0.4) is 0 Å². The van der Waals surface area contributed by atoms with E-state index in [0.717, 1.165) is 30.1 Å². The summed E-state index contributed by atoms with van der Waals surface area (Å²) in [5.41, 5.74) is 9.05. The van der Waals surface area contributed by atoms with Gasteiger partial charge in [0.15, 0.2) is 0 Å². The number of aliphatic imine (C=N–C) groups is 1. The molecule has 3 aliphatic rings. The number of benzene rings is 3. The van der Waals surface area contributed by atoms with E-state index in [1.165, 1.54) is 58.8 Å². The highest BCUT2D eigenvalue weighted by Crippen LogP contribution is 2.52. The first-order valence-corrected chi connectivity index (χ1v) is 12.7. The van der Waals surface area contributed by atoms with E-state index in [0.29, 0.717) is 0 Å². The van der Waals surface area contributed by atoms with E-state index in [1.807, 2.05) is 11.3 Å². The molecule has 0 saturated heterocycles. The molecule has 3 aromatic heterocycles. The number of aryl methyl sites for hydroxylation is 2. The number of rotatable bonds is 0. The summed E-state index contributed by atoms with van der Waals surface area (Å²) in [6, 6.07) is 20.5. The van der Waals surface area contributed by atoms with Crippen LogP contribution in [0.1, 0.15) is 10.4 Å². The standard InChI is InChI=1S/C30H19N3S/c1-2-7-17-16(6-1)12-14-23-26(17)27-24(34-23)15-13-22-25(27)18-8-5-9-19-28-30(33(22)29(18)19)32-21-11-4-3-10-20(21)31-28/h1-11,13,15,21,32H,12,14H2. The van der Waals surface area contributed by atoms with Crippen molar-refractivity contribution in [1.82, 2.24) is 4.40 Å². The second-order valence-electron chi connectivity index (χ2n) is 9.53. The minimum atomic E-state index is 0.120. The second kappa shape index (κ2) is 5.96. The van der Waals surface area contributed by atoms with E-state index in [-0.39, 0.29) is 6.04 Å². The molecular formula is C30H19N3S. The molecule has 9 rings (SSSR count). The molecule has 0 spiro atoms. The largest absolute Gasteiger partial charge is 0.357 e. The molecule has 34 heavy (non-hydrogen) atoms. The van der Waals surface area contributed by atoms with Crippen LogP contribution in [0.15, 0.2) is 83.9 Å². The second-order valence-corrected chi connectivity index (χ2v) is 10.7. The van der Waals surface area contributed by atoms with E-state index < -0.39 is 0 Å². The summed E-state index contributed by atoms with van der Waals surface area (Å²) in [5.74, 6) is 1.11. The van der Waals surface area contributed by atoms with E-state index in [4.69, 9.17) is 4.99 Å². The lowest BCUT2D eigenvalue weighted by atomic mass is 9.88. The smallest absolute Gasteiger partial charge is 0.138 e. The lowest BCUT2D eigenvalue weighted by molar-refractivity contribution is 0.965. The van der Waals surface area contributed by atoms with E-state index in [2.05, 4.69) is 88.6 Å². The number of nitrogens with one attached hydrogen (secondary N) is 1. The van der Waals surface area contributed by atoms with Crippen LogP contribution < -0.4 is 5.32 Å². The molecule has 1 unspecified atom stereocenters. The van der Waals surface area contributed by atoms with E-state index in [1.54, 1.807) is 0 Å². The summed E-state index contributed by atoms with van der Waals surface area (Å²) in [5, 5.41) is 9.16. The molecule has 1 atom stereocenters. The van der Waals surface area contributed by atoms with Gasteiger partial charge in [-0.2, -0.15) is 0 Å². The summed E-state index contributed by atoms with van der Waals surface area (Å²) in [6.45, 7) is 0. The number of hydrogen-bond donors (Lipinski definition) is 1. The zero-order valence-electron chi connectivity index (χ0n) is 18.3. The van der Waals surface area contributed by atoms with Gasteiger partial charge in [-0.3, -0.25) is 4.40 Å². The molecule has 4 heterocycles. The van der Waals surface area contributed by atoms with Crippen LogP contribution in [0.4, 0.5) is 11.5 Å². The zero-order chi connectivity index (χ0) is 22.0. The van der Waals surface area contributed by atoms with Crippen LogP contribution in [0.2, 0.25) is 0 Å². The lowest BCUT2D eigenvalue weighted by Crippen LogP contribution is -2.30. The molecule has 1 N–H and O–H groups in total. The van der Waals surface area contributed by atoms with Gasteiger partial charge in [0, 0.05) is 36.7 Å². The third kappa shape index (κ3) is 1.98. The Balaban J connectivity index is 1.47. The van der Waals surface area contributed by atoms with Crippen molar-refractivity contribution >= 4 is 65.8 Å². The number of thiophene rings is 1. The van der Waals surface area contributed by atoms with Gasteiger partial charge in [0.05, 0.1) is 22.8 Å². The summed E-state index contributed by atoms with van der Waals surface area (Å²) in [4.78, 5) is 6.64. The normalized spacial score (nSPS) is 18.2. The third-order valence-corrected chi connectivity index (χ3v) is 9.04. The molecule has 0 amide bonds. The number of nitrogens with zero attached hydrogens (tertiary/aromatic N) is 2. The summed E-state index contributed by atoms with van der Waals surface area (Å²) >= 11 is 1.98. The average molecular weight is 454 g/mol. The fourth-order valence-electron chi connectivity index (χ4n) is 6.43. The van der Waals surface area contributed by atoms with Gasteiger partial charge in [0.2, 0.25) is 0 Å². The maximum atomic E-state index is 5.11. The molecule has 4 heteroatoms. The maximum absolute atomic E-state index is 5.11. The van der Waals surface area contributed by atoms with Crippen LogP contribution in [-0.4, -0.2) is 16.2 Å². The molecule has 2 aliphatic carbocycles. The van der Waals surface area contributed by atoms with Crippen molar-refractivity contribution in [2.24, 2.45) is 4.99 Å². The van der Waals surface area contributed by atoms with Gasteiger partial charge in [-0.1, -0.05) is 60.7 Å². The molecule has 160 valence electrons. The van der Waals surface area contributed by atoms with Gasteiger partial charge in [0.1, 0.15) is 11.5 Å². The third-order valence-electron chi connectivity index (χ3n) is 7.82. The molecule has 1 aliphatic heterocycles. The number of anilines is 1. The minimum Gasteiger partial charge on any atom is -0.357 e. The molecule has 0 radical (unpaired) electrons. The Morgan fingerprint density at radius 3 is 2.85 bits per heavy atom. The molecule has 3 nitrogen and oxygen atoms in total. The summed E-state index contributed by atoms with van der Waals surface area (Å²) in [6.07, 6.45) is 10.8. The number of hydrogen-bond acceptors (Lipinski definition) is 3. The quantitative estimate of drug-likeness (QED) is 0.251. The van der Waals surface area contributed by atoms with E-state index >= 15 is 0 Å². The highest BCUT2D eigenvalue weighted by molar-refractivity contribution is 7.20. The van der Waals surface area contributed by atoms with Crippen LogP contribution in [-0.2, 0) is 12.8 Å². The Morgan fingerprint density at radius 2 is 1.85 bits per heavy atom. The first-order valence-electron chi connectivity index (χ1n) is 11.9. The van der Waals surface area contributed by atoms with Crippen molar-refractivity contribution in [3.63, 3.8) is 0 Å². The summed E-state index contributed by atoms with van der Waals surface area (Å²) < 4.78 is 3.82. The van der Waals surface area contributed by atoms with E-state index in [9.17, 15) is 0 Å². The van der Waals surface area contributed by atoms with Crippen molar-refractivity contribution in [3.05, 3.63) is 89.3 Å². The predicted octanol–water partition coefficient (Wildman–Crippen LogP) is 7.66. The van der Waals surface area contributed by atoms with Crippen molar-refractivity contribution in [1.29, 1.82) is 0 Å². The highest BCUT2D eigenvalue weighted by atomic mass is 32.1. The molecule has 3 aromatic carbocycles. The van der Waals surface area contributed by atoms with Crippen LogP contribution in [0.5, 0.6) is 0 Å². The number of aromatic nitrogens is 1. The average Bonchev–Trinajstić information content (AvgIpc) is 3.53. The van der Waals surface area contributed by atoms with Crippen molar-refractivity contribution in [2.75, 3.05) is 5.32 Å². The minimum absolute atomic E-state index is 0.120. The zero-order valence-corrected chi connectivity index (χ0v) is 19.1. The molecule has 0 bridgehead atoms. The van der Waals surface area contributed by atoms with Crippen molar-refractivity contribution < 1.29 is 0 Å². The Labute approximate surface area is 199 Å². The van der Waals surface area contributed by atoms with Crippen LogP contribution in [0.25, 0.3) is 48.4 Å². The Hall–Kier alpha value is -3.89. The fraction of sp³-hybridized carbons (Fsp3) is 0.100. The Kier molecular flexibility index (Phi) is 3.08. The Morgan fingerprint density at radius 1 is 0.912 bits per heavy atom. The molecule has 0 fully saturated rings. The van der Waals surface area contributed by atoms with Gasteiger partial charge in [0.25, 0.3) is 0 Å². The van der Waals surface area contributed by atoms with Gasteiger partial charge < -0.3 is 5.32 Å². The van der Waals surface area contributed by atoms with Gasteiger partial charge in [-0.05, 0) is 42.2 Å². The number of allylic oxidation sites excluding steroid dienone is 2. The maximum Gasteiger partial charge on any atom is 0.138 e. The molecule has 6 aromatic rings. The Bertz CT molecular complexity index is 1950. The van der Waals surface area contributed by atoms with Gasteiger partial charge >= 0.3 is 0 Å². The predicted molar refractivity (Wildman–Crippen MR) is 145 cm³/mol. The topological polar surface area (TPSA) is 28.8 Å². The fourth-order valence-corrected chi connectivity index (χ4v) is 7.65. The molecular weight excluding hydrogens is 434 g/mol. The lowest BCUT2D eigenvalue weighted by Gasteiger charge is -2.23. The van der Waals surface area contributed by atoms with Gasteiger partial charge in [-0.15, -0.1) is 11.3 Å². The van der Waals surface area contributed by atoms with Crippen molar-refractivity contribution in [3.8, 4) is 11.1 Å². The van der Waals surface area contributed by atoms with Crippen LogP contribution in [0, 0.1) is 0 Å². The first kappa shape index (κ1) is 17.6. The first-order chi connectivity index (χ1) is 16.9.